The van der Waals surface area contributed by atoms with Crippen molar-refractivity contribution in [3.05, 3.63) is 0 Å². The van der Waals surface area contributed by atoms with Crippen LogP contribution in [0, 0.1) is 61.4 Å². The van der Waals surface area contributed by atoms with Gasteiger partial charge in [-0.05, 0) is 0 Å². The van der Waals surface area contributed by atoms with Crippen molar-refractivity contribution < 1.29 is 15.4 Å². The van der Waals surface area contributed by atoms with E-state index in [0.717, 1.165) is 29.8 Å². The molecule has 0 aliphatic heterocycles. The van der Waals surface area contributed by atoms with Gasteiger partial charge in [0.1, 0.15) is 0 Å². The van der Waals surface area contributed by atoms with Crippen LogP contribution in [0.15, 0.2) is 0 Å². The number of rotatable bonds is 0. The Morgan fingerprint density at radius 2 is 0.643 bits per heavy atom. The maximum absolute atomic E-state index is 8.58. The molecule has 0 aromatic heterocycles. The number of hydrogen-bond acceptors (Lipinski definition) is 6. The van der Waals surface area contributed by atoms with Crippen LogP contribution in [0.2, 0.25) is 0 Å². The van der Waals surface area contributed by atoms with Crippen LogP contribution >= 0.6 is 0 Å². The van der Waals surface area contributed by atoms with E-state index in [1.165, 1.54) is 0 Å². The first-order valence-corrected chi connectivity index (χ1v) is 5.71. The second kappa shape index (κ2) is 2.71. The number of nitriles is 6. The van der Waals surface area contributed by atoms with Crippen LogP contribution < -0.4 is 0 Å². The molecule has 8 heteroatoms. The molecule has 0 radical (unpaired) electrons. The van der Waals surface area contributed by atoms with Gasteiger partial charge in [0.15, 0.2) is 0 Å². The summed E-state index contributed by atoms with van der Waals surface area (Å²) in [6.45, 7) is 0. The van der Waals surface area contributed by atoms with Crippen LogP contribution in [0.4, 0.5) is 4.70 Å². The Morgan fingerprint density at radius 3 is 0.643 bits per heavy atom. The summed E-state index contributed by atoms with van der Waals surface area (Å²) in [6, 6.07) is 0. The molecule has 0 N–H and O–H groups in total. The molecule has 0 aliphatic carbocycles. The summed E-state index contributed by atoms with van der Waals surface area (Å²) < 4.78 is 0. The quantitative estimate of drug-likeness (QED) is 0.547. The van der Waals surface area contributed by atoms with Crippen molar-refractivity contribution in [3.8, 4) is 29.8 Å². The van der Waals surface area contributed by atoms with E-state index in [2.05, 4.69) is 0 Å². The van der Waals surface area contributed by atoms with E-state index >= 15 is 0 Å². The normalized spacial score (nSPS) is 12.4. The van der Waals surface area contributed by atoms with E-state index < -0.39 is 10.7 Å². The van der Waals surface area contributed by atoms with Gasteiger partial charge in [-0.15, -0.1) is 0 Å². The topological polar surface area (TPSA) is 143 Å². The summed E-state index contributed by atoms with van der Waals surface area (Å²) in [4.78, 5) is 6.19. The summed E-state index contributed by atoms with van der Waals surface area (Å²) in [5, 5.41) is 51.5. The minimum absolute atomic E-state index is 0. The minimum atomic E-state index is -6.17. The van der Waals surface area contributed by atoms with Gasteiger partial charge in [-0.2, -0.15) is 0 Å². The molecule has 0 spiro atoms. The van der Waals surface area contributed by atoms with E-state index in [1.54, 1.807) is 0 Å². The molecule has 0 aromatic carbocycles. The van der Waals surface area contributed by atoms with Gasteiger partial charge in [-0.1, -0.05) is 0 Å². The molecule has 6 nitrogen and oxygen atoms in total. The molecule has 0 saturated carbocycles. The Morgan fingerprint density at radius 1 is 0.500 bits per heavy atom. The van der Waals surface area contributed by atoms with E-state index in [4.69, 9.17) is 31.6 Å². The van der Waals surface area contributed by atoms with Crippen LogP contribution in [0.25, 0.3) is 0 Å². The number of hydrogen-bond donors (Lipinski definition) is 0. The van der Waals surface area contributed by atoms with Crippen LogP contribution in [-0.2, 0) is 10.7 Å². The Labute approximate surface area is 77.3 Å². The molecule has 70 valence electrons. The molecule has 0 rings (SSSR count). The first-order chi connectivity index (χ1) is 5.97. The third-order valence-corrected chi connectivity index (χ3v) is 4.89. The second-order valence-corrected chi connectivity index (χ2v) is 7.42. The average Bonchev–Trinajstić information content (AvgIpc) is 2.26. The fraction of sp³-hybridized carbons (Fsp3) is 0. The average molecular weight is 232 g/mol. The number of nitrogens with zero attached hydrogens (tertiary/aromatic N) is 6. The van der Waals surface area contributed by atoms with Gasteiger partial charge in [0, 0.05) is 0 Å². The molecule has 0 fully saturated rings. The summed E-state index contributed by atoms with van der Waals surface area (Å²) in [7, 11) is -6.17. The maximum atomic E-state index is 8.58. The van der Waals surface area contributed by atoms with Crippen LogP contribution in [0.1, 0.15) is 0 Å². The first kappa shape index (κ1) is 13.9. The van der Waals surface area contributed by atoms with Gasteiger partial charge in [0.2, 0.25) is 0 Å². The van der Waals surface area contributed by atoms with E-state index in [0.29, 0.717) is 0 Å². The fourth-order valence-electron chi connectivity index (χ4n) is 0.265. The molecule has 0 aliphatic rings. The van der Waals surface area contributed by atoms with Crippen molar-refractivity contribution in [2.45, 2.75) is 0 Å². The first-order valence-electron chi connectivity index (χ1n) is 2.40. The van der Waals surface area contributed by atoms with E-state index in [1.807, 2.05) is 0 Å². The van der Waals surface area contributed by atoms with Crippen LogP contribution in [0.3, 0.4) is 0 Å². The van der Waals surface area contributed by atoms with Crippen molar-refractivity contribution in [2.75, 3.05) is 0 Å². The molecule has 0 saturated heterocycles. The zero-order valence-corrected chi connectivity index (χ0v) is 7.55. The molecule has 0 aromatic rings. The molecule has 0 amide bonds. The fourth-order valence-corrected chi connectivity index (χ4v) is 1.09. The third kappa shape index (κ3) is 0.881. The van der Waals surface area contributed by atoms with Crippen molar-refractivity contribution >= 4 is 0 Å². The summed E-state index contributed by atoms with van der Waals surface area (Å²) in [5.41, 5.74) is 0. The van der Waals surface area contributed by atoms with Gasteiger partial charge in [-0.3, -0.25) is 4.70 Å². The van der Waals surface area contributed by atoms with Gasteiger partial charge < -0.3 is 0 Å². The van der Waals surface area contributed by atoms with Crippen molar-refractivity contribution in [1.82, 2.24) is 0 Å². The standard InChI is InChI=1S/6CN.FH.Fe/c6*1-2;;/h;;;;;;1H;. The molecule has 0 atom stereocenters. The van der Waals surface area contributed by atoms with Crippen molar-refractivity contribution in [3.63, 3.8) is 0 Å². The summed E-state index contributed by atoms with van der Waals surface area (Å²) in [6.07, 6.45) is 0. The van der Waals surface area contributed by atoms with Gasteiger partial charge >= 0.3 is 72.1 Å². The molecule has 0 bridgehead atoms. The van der Waals surface area contributed by atoms with Crippen LogP contribution in [0.5, 0.6) is 0 Å². The molecule has 0 unspecified atom stereocenters. The molecule has 14 heavy (non-hydrogen) atoms. The molecular formula is C6HFFeN6. The Kier molecular flexibility index (Phi) is 2.70. The Balaban J connectivity index is 0. The zero-order valence-electron chi connectivity index (χ0n) is 6.45. The predicted octanol–water partition coefficient (Wildman–Crippen LogP) is 0.251. The van der Waals surface area contributed by atoms with E-state index in [9.17, 15) is 0 Å². The van der Waals surface area contributed by atoms with Gasteiger partial charge in [0.25, 0.3) is 0 Å². The van der Waals surface area contributed by atoms with Crippen LogP contribution in [-0.4, -0.2) is 0 Å². The van der Waals surface area contributed by atoms with Crippen molar-refractivity contribution in [1.29, 1.82) is 31.6 Å². The second-order valence-electron chi connectivity index (χ2n) is 1.80. The third-order valence-electron chi connectivity index (χ3n) is 1.19. The predicted molar refractivity (Wildman–Crippen MR) is 36.2 cm³/mol. The summed E-state index contributed by atoms with van der Waals surface area (Å²) >= 11 is 0. The van der Waals surface area contributed by atoms with Gasteiger partial charge in [-0.25, -0.2) is 0 Å². The summed E-state index contributed by atoms with van der Waals surface area (Å²) in [5.74, 6) is 0. The Bertz CT molecular complexity index is 392. The molecule has 0 heterocycles. The van der Waals surface area contributed by atoms with E-state index in [-0.39, 0.29) is 4.70 Å². The number of halogens is 1. The SMILES string of the molecule is F.N#[C][Fe]([C]#N)([C]#N)([C]#N)([C]#N)[C]#N. The zero-order chi connectivity index (χ0) is 10.7. The monoisotopic (exact) mass is 232 g/mol. The molecular weight excluding hydrogens is 231 g/mol. The Hall–Kier alpha value is -2.61. The van der Waals surface area contributed by atoms with Gasteiger partial charge in [0.05, 0.1) is 0 Å². The van der Waals surface area contributed by atoms with Crippen molar-refractivity contribution in [2.24, 2.45) is 0 Å².